The van der Waals surface area contributed by atoms with Gasteiger partial charge in [0.05, 0.1) is 12.2 Å². The van der Waals surface area contributed by atoms with Gasteiger partial charge in [0.25, 0.3) is 0 Å². The third kappa shape index (κ3) is 3.99. The van der Waals surface area contributed by atoms with Gasteiger partial charge in [-0.25, -0.2) is 4.98 Å². The van der Waals surface area contributed by atoms with E-state index in [0.717, 1.165) is 63.1 Å². The van der Waals surface area contributed by atoms with Crippen LogP contribution in [-0.2, 0) is 10.3 Å². The van der Waals surface area contributed by atoms with E-state index in [1.165, 1.54) is 5.56 Å². The van der Waals surface area contributed by atoms with Crippen LogP contribution in [0.15, 0.2) is 12.1 Å². The summed E-state index contributed by atoms with van der Waals surface area (Å²) in [5.41, 5.74) is 14.8. The molecule has 2 atom stereocenters. The minimum absolute atomic E-state index is 0.269. The van der Waals surface area contributed by atoms with Crippen molar-refractivity contribution in [1.29, 1.82) is 0 Å². The van der Waals surface area contributed by atoms with E-state index in [4.69, 9.17) is 21.2 Å². The van der Waals surface area contributed by atoms with Crippen molar-refractivity contribution in [3.8, 4) is 0 Å². The first-order chi connectivity index (χ1) is 11.9. The van der Waals surface area contributed by atoms with Crippen LogP contribution < -0.4 is 16.4 Å². The summed E-state index contributed by atoms with van der Waals surface area (Å²) < 4.78 is 6.11. The molecule has 3 rings (SSSR count). The van der Waals surface area contributed by atoms with Crippen molar-refractivity contribution in [1.82, 2.24) is 4.98 Å². The zero-order valence-corrected chi connectivity index (χ0v) is 16.0. The fourth-order valence-electron chi connectivity index (χ4n) is 4.24. The number of aromatic nitrogens is 1. The maximum absolute atomic E-state index is 6.73. The highest BCUT2D eigenvalue weighted by Crippen LogP contribution is 2.36. The SMILES string of the molecule is CC[C@@H]1CN(c2ccc(C3(N)CCC(N)CC3)c(C)n2)C[C@@H](CC)O1. The van der Waals surface area contributed by atoms with Crippen LogP contribution in [0, 0.1) is 6.92 Å². The molecule has 0 amide bonds. The summed E-state index contributed by atoms with van der Waals surface area (Å²) in [5.74, 6) is 1.05. The summed E-state index contributed by atoms with van der Waals surface area (Å²) in [4.78, 5) is 7.31. The van der Waals surface area contributed by atoms with Crippen molar-refractivity contribution in [2.75, 3.05) is 18.0 Å². The average molecular weight is 347 g/mol. The Morgan fingerprint density at radius 2 is 1.76 bits per heavy atom. The molecule has 0 bridgehead atoms. The van der Waals surface area contributed by atoms with Gasteiger partial charge in [0.1, 0.15) is 5.82 Å². The van der Waals surface area contributed by atoms with Crippen molar-refractivity contribution in [3.63, 3.8) is 0 Å². The molecule has 1 aliphatic heterocycles. The molecule has 2 aliphatic rings. The monoisotopic (exact) mass is 346 g/mol. The molecule has 2 fully saturated rings. The maximum Gasteiger partial charge on any atom is 0.128 e. The smallest absolute Gasteiger partial charge is 0.128 e. The van der Waals surface area contributed by atoms with Crippen molar-refractivity contribution in [2.45, 2.75) is 83.1 Å². The van der Waals surface area contributed by atoms with Gasteiger partial charge in [-0.15, -0.1) is 0 Å². The first kappa shape index (κ1) is 18.6. The summed E-state index contributed by atoms with van der Waals surface area (Å²) in [7, 11) is 0. The van der Waals surface area contributed by atoms with E-state index in [9.17, 15) is 0 Å². The number of pyridine rings is 1. The molecule has 0 spiro atoms. The number of morpholine rings is 1. The molecular weight excluding hydrogens is 312 g/mol. The van der Waals surface area contributed by atoms with Gasteiger partial charge in [0.2, 0.25) is 0 Å². The second-order valence-electron chi connectivity index (χ2n) is 7.90. The molecular formula is C20H34N4O. The zero-order chi connectivity index (χ0) is 18.0. The third-order valence-electron chi connectivity index (χ3n) is 6.00. The van der Waals surface area contributed by atoms with Gasteiger partial charge in [-0.3, -0.25) is 0 Å². The van der Waals surface area contributed by atoms with Crippen LogP contribution in [0.4, 0.5) is 5.82 Å². The number of aryl methyl sites for hydroxylation is 1. The Hall–Kier alpha value is -1.17. The molecule has 1 aromatic heterocycles. The molecule has 140 valence electrons. The van der Waals surface area contributed by atoms with Crippen molar-refractivity contribution >= 4 is 5.82 Å². The fourth-order valence-corrected chi connectivity index (χ4v) is 4.24. The Morgan fingerprint density at radius 3 is 2.28 bits per heavy atom. The van der Waals surface area contributed by atoms with E-state index in [1.54, 1.807) is 0 Å². The Kier molecular flexibility index (Phi) is 5.66. The Morgan fingerprint density at radius 1 is 1.16 bits per heavy atom. The minimum Gasteiger partial charge on any atom is -0.371 e. The number of rotatable bonds is 4. The van der Waals surface area contributed by atoms with Crippen LogP contribution in [-0.4, -0.2) is 36.3 Å². The van der Waals surface area contributed by atoms with Crippen LogP contribution in [0.25, 0.3) is 0 Å². The largest absolute Gasteiger partial charge is 0.371 e. The van der Waals surface area contributed by atoms with E-state index in [-0.39, 0.29) is 5.54 Å². The summed E-state index contributed by atoms with van der Waals surface area (Å²) in [6.07, 6.45) is 6.55. The molecule has 5 heteroatoms. The lowest BCUT2D eigenvalue weighted by molar-refractivity contribution is -0.0287. The molecule has 1 saturated heterocycles. The van der Waals surface area contributed by atoms with Gasteiger partial charge in [0.15, 0.2) is 0 Å². The number of nitrogens with two attached hydrogens (primary N) is 2. The first-order valence-electron chi connectivity index (χ1n) is 9.88. The maximum atomic E-state index is 6.73. The number of ether oxygens (including phenoxy) is 1. The Balaban J connectivity index is 1.79. The van der Waals surface area contributed by atoms with Gasteiger partial charge in [-0.2, -0.15) is 0 Å². The van der Waals surface area contributed by atoms with Crippen LogP contribution in [0.5, 0.6) is 0 Å². The van der Waals surface area contributed by atoms with Gasteiger partial charge in [0, 0.05) is 30.4 Å². The number of nitrogens with zero attached hydrogens (tertiary/aromatic N) is 2. The van der Waals surface area contributed by atoms with Crippen molar-refractivity contribution < 1.29 is 4.74 Å². The molecule has 0 aromatic carbocycles. The number of anilines is 1. The van der Waals surface area contributed by atoms with E-state index in [0.29, 0.717) is 18.2 Å². The normalized spacial score (nSPS) is 33.5. The first-order valence-corrected chi connectivity index (χ1v) is 9.88. The zero-order valence-electron chi connectivity index (χ0n) is 16.0. The number of hydrogen-bond acceptors (Lipinski definition) is 5. The second-order valence-corrected chi connectivity index (χ2v) is 7.90. The molecule has 1 aromatic rings. The molecule has 0 unspecified atom stereocenters. The lowest BCUT2D eigenvalue weighted by Crippen LogP contribution is -2.48. The van der Waals surface area contributed by atoms with E-state index in [2.05, 4.69) is 37.8 Å². The topological polar surface area (TPSA) is 77.4 Å². The molecule has 1 aliphatic carbocycles. The molecule has 5 nitrogen and oxygen atoms in total. The van der Waals surface area contributed by atoms with Crippen LogP contribution in [0.2, 0.25) is 0 Å². The lowest BCUT2D eigenvalue weighted by atomic mass is 9.75. The summed E-state index contributed by atoms with van der Waals surface area (Å²) in [6, 6.07) is 4.65. The highest BCUT2D eigenvalue weighted by molar-refractivity contribution is 5.44. The van der Waals surface area contributed by atoms with Gasteiger partial charge in [-0.1, -0.05) is 19.9 Å². The predicted octanol–water partition coefficient (Wildman–Crippen LogP) is 2.84. The molecule has 0 radical (unpaired) electrons. The second kappa shape index (κ2) is 7.60. The summed E-state index contributed by atoms with van der Waals surface area (Å²) in [6.45, 7) is 8.31. The van der Waals surface area contributed by atoms with Crippen LogP contribution in [0.1, 0.15) is 63.6 Å². The Labute approximate surface area is 152 Å². The van der Waals surface area contributed by atoms with Gasteiger partial charge in [-0.05, 0) is 57.1 Å². The highest BCUT2D eigenvalue weighted by atomic mass is 16.5. The van der Waals surface area contributed by atoms with Crippen LogP contribution in [0.3, 0.4) is 0 Å². The van der Waals surface area contributed by atoms with Crippen LogP contribution >= 0.6 is 0 Å². The fraction of sp³-hybridized carbons (Fsp3) is 0.750. The molecule has 4 N–H and O–H groups in total. The third-order valence-corrected chi connectivity index (χ3v) is 6.00. The average Bonchev–Trinajstić information content (AvgIpc) is 2.63. The molecule has 2 heterocycles. The lowest BCUT2D eigenvalue weighted by Gasteiger charge is -2.39. The van der Waals surface area contributed by atoms with Gasteiger partial charge < -0.3 is 21.1 Å². The summed E-state index contributed by atoms with van der Waals surface area (Å²) >= 11 is 0. The summed E-state index contributed by atoms with van der Waals surface area (Å²) in [5, 5.41) is 0. The van der Waals surface area contributed by atoms with E-state index < -0.39 is 0 Å². The van der Waals surface area contributed by atoms with Gasteiger partial charge >= 0.3 is 0 Å². The quantitative estimate of drug-likeness (QED) is 0.876. The minimum atomic E-state index is -0.269. The predicted molar refractivity (Wildman–Crippen MR) is 103 cm³/mol. The Bertz CT molecular complexity index is 571. The van der Waals surface area contributed by atoms with Crippen molar-refractivity contribution in [2.24, 2.45) is 11.5 Å². The highest BCUT2D eigenvalue weighted by Gasteiger charge is 2.34. The van der Waals surface area contributed by atoms with Crippen molar-refractivity contribution in [3.05, 3.63) is 23.4 Å². The number of hydrogen-bond donors (Lipinski definition) is 2. The van der Waals surface area contributed by atoms with E-state index >= 15 is 0 Å². The van der Waals surface area contributed by atoms with E-state index in [1.807, 2.05) is 0 Å². The standard InChI is InChI=1S/C20H34N4O/c1-4-16-12-24(13-17(5-2)25-16)19-7-6-18(14(3)23-19)20(22)10-8-15(21)9-11-20/h6-7,15-17H,4-5,8-13,21-22H2,1-3H3/t15?,16-,17-,20?/m1/s1. The molecule has 1 saturated carbocycles. The molecule has 25 heavy (non-hydrogen) atoms.